The molecule has 0 spiro atoms. The van der Waals surface area contributed by atoms with Gasteiger partial charge in [0.25, 0.3) is 5.91 Å². The third kappa shape index (κ3) is 4.70. The summed E-state index contributed by atoms with van der Waals surface area (Å²) in [6.07, 6.45) is 2.90. The summed E-state index contributed by atoms with van der Waals surface area (Å²) < 4.78 is 58.0. The maximum atomic E-state index is 14.8. The zero-order valence-electron chi connectivity index (χ0n) is 19.9. The van der Waals surface area contributed by atoms with E-state index in [4.69, 9.17) is 5.73 Å². The van der Waals surface area contributed by atoms with Crippen molar-refractivity contribution in [3.63, 3.8) is 0 Å². The van der Waals surface area contributed by atoms with Gasteiger partial charge in [-0.25, -0.2) is 17.2 Å². The number of primary amides is 1. The Hall–Kier alpha value is -4.44. The van der Waals surface area contributed by atoms with E-state index in [1.165, 1.54) is 12.1 Å². The van der Waals surface area contributed by atoms with Crippen molar-refractivity contribution < 1.29 is 22.0 Å². The van der Waals surface area contributed by atoms with Crippen LogP contribution in [-0.2, 0) is 17.1 Å². The molecular weight excluding hydrogens is 498 g/mol. The van der Waals surface area contributed by atoms with Crippen molar-refractivity contribution in [1.29, 1.82) is 0 Å². The van der Waals surface area contributed by atoms with Gasteiger partial charge in [-0.15, -0.1) is 0 Å². The fourth-order valence-corrected chi connectivity index (χ4v) is 5.02. The smallest absolute Gasteiger partial charge is 0.265 e. The molecule has 7 nitrogen and oxygen atoms in total. The van der Waals surface area contributed by atoms with Crippen LogP contribution in [0.15, 0.2) is 79.0 Å². The highest BCUT2D eigenvalue weighted by atomic mass is 32.2. The molecule has 10 heteroatoms. The summed E-state index contributed by atoms with van der Waals surface area (Å²) in [6, 6.07) is 18.8. The largest absolute Gasteiger partial charge is 0.364 e. The monoisotopic (exact) mass is 520 g/mol. The molecular formula is C27H22F2N4O3S. The number of fused-ring (bicyclic) bond motifs is 1. The Bertz CT molecular complexity index is 1810. The lowest BCUT2D eigenvalue weighted by Crippen LogP contribution is -2.16. The molecule has 2 aromatic heterocycles. The van der Waals surface area contributed by atoms with Gasteiger partial charge >= 0.3 is 0 Å². The predicted octanol–water partition coefficient (Wildman–Crippen LogP) is 5.05. The van der Waals surface area contributed by atoms with Crippen molar-refractivity contribution in [3.05, 3.63) is 96.3 Å². The Morgan fingerprint density at radius 2 is 1.70 bits per heavy atom. The summed E-state index contributed by atoms with van der Waals surface area (Å²) in [5, 5.41) is 0.645. The molecule has 0 radical (unpaired) electrons. The van der Waals surface area contributed by atoms with Crippen LogP contribution < -0.4 is 10.5 Å². The molecule has 0 aliphatic rings. The molecule has 2 heterocycles. The first kappa shape index (κ1) is 24.3. The van der Waals surface area contributed by atoms with E-state index < -0.39 is 27.6 Å². The molecule has 0 aliphatic carbocycles. The second kappa shape index (κ2) is 8.90. The van der Waals surface area contributed by atoms with Gasteiger partial charge in [0.05, 0.1) is 17.5 Å². The number of rotatable bonds is 6. The summed E-state index contributed by atoms with van der Waals surface area (Å²) in [6.45, 7) is 0. The van der Waals surface area contributed by atoms with Gasteiger partial charge in [-0.05, 0) is 66.2 Å². The van der Waals surface area contributed by atoms with E-state index in [1.54, 1.807) is 41.0 Å². The number of sulfonamides is 1. The van der Waals surface area contributed by atoms with Crippen LogP contribution in [0.25, 0.3) is 39.0 Å². The van der Waals surface area contributed by atoms with E-state index in [0.717, 1.165) is 18.0 Å². The fraction of sp³-hybridized carbons (Fsp3) is 0.0741. The third-order valence-corrected chi connectivity index (χ3v) is 6.62. The molecule has 0 fully saturated rings. The minimum absolute atomic E-state index is 0.154. The fourth-order valence-electron chi connectivity index (χ4n) is 4.47. The summed E-state index contributed by atoms with van der Waals surface area (Å²) in [5.74, 6) is -2.13. The van der Waals surface area contributed by atoms with Crippen molar-refractivity contribution in [3.8, 4) is 28.1 Å². The number of aryl methyl sites for hydroxylation is 1. The van der Waals surface area contributed by atoms with Crippen molar-refractivity contribution in [2.45, 2.75) is 0 Å². The van der Waals surface area contributed by atoms with Crippen molar-refractivity contribution in [2.24, 2.45) is 12.8 Å². The third-order valence-electron chi connectivity index (χ3n) is 6.02. The van der Waals surface area contributed by atoms with Gasteiger partial charge in [-0.3, -0.25) is 9.52 Å². The Balaban J connectivity index is 1.82. The van der Waals surface area contributed by atoms with Crippen LogP contribution in [0, 0.1) is 11.6 Å². The van der Waals surface area contributed by atoms with Crippen molar-refractivity contribution in [2.75, 3.05) is 11.0 Å². The Morgan fingerprint density at radius 1 is 0.946 bits per heavy atom. The Labute approximate surface area is 211 Å². The first-order chi connectivity index (χ1) is 17.5. The number of halogens is 2. The maximum absolute atomic E-state index is 14.8. The first-order valence-corrected chi connectivity index (χ1v) is 13.0. The predicted molar refractivity (Wildman–Crippen MR) is 140 cm³/mol. The van der Waals surface area contributed by atoms with Gasteiger partial charge < -0.3 is 14.9 Å². The van der Waals surface area contributed by atoms with Gasteiger partial charge in [0.2, 0.25) is 10.0 Å². The molecule has 37 heavy (non-hydrogen) atoms. The number of nitrogens with zero attached hydrogens (tertiary/aromatic N) is 2. The number of carbonyl (C=O) groups is 1. The van der Waals surface area contributed by atoms with Crippen molar-refractivity contribution >= 4 is 32.5 Å². The minimum atomic E-state index is -3.55. The highest BCUT2D eigenvalue weighted by molar-refractivity contribution is 7.92. The van der Waals surface area contributed by atoms with Crippen LogP contribution in [0.5, 0.6) is 0 Å². The number of amides is 1. The molecule has 1 amide bonds. The summed E-state index contributed by atoms with van der Waals surface area (Å²) in [5.41, 5.74) is 9.34. The van der Waals surface area contributed by atoms with Crippen LogP contribution >= 0.6 is 0 Å². The molecule has 3 aromatic carbocycles. The number of carbonyl (C=O) groups excluding carboxylic acids is 1. The quantitative estimate of drug-likeness (QED) is 0.328. The number of nitrogens with one attached hydrogen (secondary N) is 1. The van der Waals surface area contributed by atoms with Crippen LogP contribution in [0.1, 0.15) is 10.5 Å². The highest BCUT2D eigenvalue weighted by Crippen LogP contribution is 2.34. The molecule has 3 N–H and O–H groups in total. The van der Waals surface area contributed by atoms with Crippen LogP contribution in [0.4, 0.5) is 14.5 Å². The van der Waals surface area contributed by atoms with Gasteiger partial charge in [0, 0.05) is 47.2 Å². The highest BCUT2D eigenvalue weighted by Gasteiger charge is 2.19. The SMILES string of the molecule is Cn1cccc1-c1cc(-c2ccc(F)cc2F)cc(-n2c(C(N)=O)cc3ccc(NS(C)(=O)=O)cc32)c1. The molecule has 5 rings (SSSR count). The molecule has 0 atom stereocenters. The number of benzene rings is 3. The molecule has 0 saturated heterocycles. The van der Waals surface area contributed by atoms with E-state index in [2.05, 4.69) is 4.72 Å². The lowest BCUT2D eigenvalue weighted by Gasteiger charge is -2.15. The second-order valence-corrected chi connectivity index (χ2v) is 10.5. The van der Waals surface area contributed by atoms with E-state index in [0.29, 0.717) is 33.4 Å². The number of hydrogen-bond acceptors (Lipinski definition) is 3. The zero-order chi connectivity index (χ0) is 26.5. The summed E-state index contributed by atoms with van der Waals surface area (Å²) >= 11 is 0. The Morgan fingerprint density at radius 3 is 2.35 bits per heavy atom. The number of nitrogens with two attached hydrogens (primary N) is 1. The van der Waals surface area contributed by atoms with E-state index in [1.807, 2.05) is 36.0 Å². The molecule has 0 aliphatic heterocycles. The van der Waals surface area contributed by atoms with E-state index in [-0.39, 0.29) is 11.3 Å². The molecule has 0 saturated carbocycles. The van der Waals surface area contributed by atoms with Crippen molar-refractivity contribution in [1.82, 2.24) is 9.13 Å². The Kier molecular flexibility index (Phi) is 5.83. The van der Waals surface area contributed by atoms with Gasteiger partial charge in [-0.1, -0.05) is 6.07 Å². The lowest BCUT2D eigenvalue weighted by atomic mass is 9.99. The number of hydrogen-bond donors (Lipinski definition) is 2. The standard InChI is InChI=1S/C27H22F2N4O3S/c1-32-9-3-4-24(32)18-10-17(22-8-6-19(28)14-23(22)29)11-21(12-18)33-25-15-20(31-37(2,35)36)7-5-16(25)13-26(33)27(30)34/h3-15,31H,1-2H3,(H2,30,34). The molecule has 0 unspecified atom stereocenters. The zero-order valence-corrected chi connectivity index (χ0v) is 20.7. The van der Waals surface area contributed by atoms with E-state index >= 15 is 0 Å². The lowest BCUT2D eigenvalue weighted by molar-refractivity contribution is 0.0994. The van der Waals surface area contributed by atoms with E-state index in [9.17, 15) is 22.0 Å². The molecule has 188 valence electrons. The normalized spacial score (nSPS) is 11.7. The van der Waals surface area contributed by atoms with Gasteiger partial charge in [0.1, 0.15) is 17.3 Å². The van der Waals surface area contributed by atoms with Crippen LogP contribution in [0.3, 0.4) is 0 Å². The van der Waals surface area contributed by atoms with Gasteiger partial charge in [-0.2, -0.15) is 0 Å². The first-order valence-electron chi connectivity index (χ1n) is 11.2. The van der Waals surface area contributed by atoms with Gasteiger partial charge in [0.15, 0.2) is 0 Å². The molecule has 5 aromatic rings. The number of anilines is 1. The molecule has 0 bridgehead atoms. The summed E-state index contributed by atoms with van der Waals surface area (Å²) in [4.78, 5) is 12.5. The topological polar surface area (TPSA) is 99.1 Å². The average molecular weight is 521 g/mol. The summed E-state index contributed by atoms with van der Waals surface area (Å²) in [7, 11) is -1.69. The maximum Gasteiger partial charge on any atom is 0.265 e. The number of aromatic nitrogens is 2. The second-order valence-electron chi connectivity index (χ2n) is 8.77. The van der Waals surface area contributed by atoms with Crippen LogP contribution in [-0.4, -0.2) is 29.7 Å². The minimum Gasteiger partial charge on any atom is -0.364 e. The van der Waals surface area contributed by atoms with Crippen LogP contribution in [0.2, 0.25) is 0 Å². The average Bonchev–Trinajstić information content (AvgIpc) is 3.41.